The third-order valence-electron chi connectivity index (χ3n) is 4.12. The second-order valence-corrected chi connectivity index (χ2v) is 8.16. The Labute approximate surface area is 126 Å². The Morgan fingerprint density at radius 1 is 1.29 bits per heavy atom. The van der Waals surface area contributed by atoms with Gasteiger partial charge in [-0.3, -0.25) is 4.79 Å². The molecule has 2 atom stereocenters. The van der Waals surface area contributed by atoms with E-state index in [9.17, 15) is 13.2 Å². The van der Waals surface area contributed by atoms with Crippen LogP contribution in [0.25, 0.3) is 0 Å². The molecule has 1 aromatic carbocycles. The molecule has 1 fully saturated rings. The van der Waals surface area contributed by atoms with Crippen molar-refractivity contribution in [2.75, 3.05) is 19.4 Å². The molecule has 1 saturated carbocycles. The fraction of sp³-hybridized carbons (Fsp3) is 0.533. The zero-order valence-electron chi connectivity index (χ0n) is 13.1. The maximum atomic E-state index is 12.2. The van der Waals surface area contributed by atoms with Crippen molar-refractivity contribution in [1.29, 1.82) is 0 Å². The summed E-state index contributed by atoms with van der Waals surface area (Å²) in [6, 6.07) is 3.18. The zero-order valence-corrected chi connectivity index (χ0v) is 13.9. The number of carbonyl (C=O) groups is 1. The highest BCUT2D eigenvalue weighted by Gasteiger charge is 2.39. The topological polar surface area (TPSA) is 66.5 Å². The van der Waals surface area contributed by atoms with Crippen molar-refractivity contribution in [2.24, 2.45) is 11.8 Å². The monoisotopic (exact) mass is 310 g/mol. The number of amides is 1. The first-order chi connectivity index (χ1) is 9.64. The molecular formula is C15H22N2O3S. The molecule has 116 valence electrons. The van der Waals surface area contributed by atoms with Gasteiger partial charge in [-0.05, 0) is 49.4 Å². The van der Waals surface area contributed by atoms with Gasteiger partial charge in [-0.2, -0.15) is 0 Å². The van der Waals surface area contributed by atoms with Gasteiger partial charge in [0.15, 0.2) is 0 Å². The van der Waals surface area contributed by atoms with E-state index in [4.69, 9.17) is 0 Å². The van der Waals surface area contributed by atoms with Crippen LogP contribution in [0.1, 0.15) is 24.5 Å². The molecule has 0 aliphatic heterocycles. The number of anilines is 1. The second kappa shape index (κ2) is 5.42. The van der Waals surface area contributed by atoms with Gasteiger partial charge < -0.3 is 5.32 Å². The first-order valence-corrected chi connectivity index (χ1v) is 8.43. The van der Waals surface area contributed by atoms with Crippen molar-refractivity contribution < 1.29 is 13.2 Å². The Hall–Kier alpha value is -1.40. The number of nitrogens with zero attached hydrogens (tertiary/aromatic N) is 1. The number of carbonyl (C=O) groups excluding carboxylic acids is 1. The number of aryl methyl sites for hydroxylation is 1. The summed E-state index contributed by atoms with van der Waals surface area (Å²) in [6.45, 7) is 5.77. The Morgan fingerprint density at radius 3 is 2.33 bits per heavy atom. The normalized spacial score (nSPS) is 21.4. The van der Waals surface area contributed by atoms with Crippen molar-refractivity contribution in [2.45, 2.75) is 32.1 Å². The summed E-state index contributed by atoms with van der Waals surface area (Å²) in [7, 11) is -0.518. The van der Waals surface area contributed by atoms with Gasteiger partial charge in [0.05, 0.1) is 4.90 Å². The molecule has 21 heavy (non-hydrogen) atoms. The van der Waals surface area contributed by atoms with Crippen molar-refractivity contribution >= 4 is 21.6 Å². The van der Waals surface area contributed by atoms with Crippen LogP contribution >= 0.6 is 0 Å². The minimum absolute atomic E-state index is 0.0237. The number of benzene rings is 1. The lowest BCUT2D eigenvalue weighted by Crippen LogP contribution is -2.23. The molecule has 1 aliphatic rings. The number of sulfonamides is 1. The molecular weight excluding hydrogens is 288 g/mol. The minimum Gasteiger partial charge on any atom is -0.326 e. The average Bonchev–Trinajstić information content (AvgIpc) is 3.11. The van der Waals surface area contributed by atoms with E-state index in [1.807, 2.05) is 20.8 Å². The molecule has 0 radical (unpaired) electrons. The molecule has 2 rings (SSSR count). The number of rotatable bonds is 4. The first-order valence-electron chi connectivity index (χ1n) is 6.99. The summed E-state index contributed by atoms with van der Waals surface area (Å²) in [6.07, 6.45) is 0.902. The number of hydrogen-bond acceptors (Lipinski definition) is 3. The number of nitrogens with one attached hydrogen (secondary N) is 1. The van der Waals surface area contributed by atoms with E-state index in [2.05, 4.69) is 5.32 Å². The highest BCUT2D eigenvalue weighted by molar-refractivity contribution is 7.89. The third-order valence-corrected chi connectivity index (χ3v) is 5.92. The quantitative estimate of drug-likeness (QED) is 0.926. The molecule has 0 aromatic heterocycles. The van der Waals surface area contributed by atoms with E-state index in [1.165, 1.54) is 18.4 Å². The van der Waals surface area contributed by atoms with Crippen LogP contribution in [-0.4, -0.2) is 32.7 Å². The van der Waals surface area contributed by atoms with Crippen LogP contribution < -0.4 is 5.32 Å². The fourth-order valence-corrected chi connectivity index (χ4v) is 3.24. The van der Waals surface area contributed by atoms with Crippen LogP contribution in [0.15, 0.2) is 17.0 Å². The standard InChI is InChI=1S/C15H22N2O3S/c1-9-6-12(21(19,20)17(4)5)8-14(11(9)3)16-15(18)13-7-10(13)2/h6,8,10,13H,7H2,1-5H3,(H,16,18)/t10-,13+/m0/s1. The van der Waals surface area contributed by atoms with Crippen molar-refractivity contribution in [1.82, 2.24) is 4.31 Å². The minimum atomic E-state index is -3.51. The molecule has 0 bridgehead atoms. The van der Waals surface area contributed by atoms with E-state index in [0.717, 1.165) is 17.5 Å². The smallest absolute Gasteiger partial charge is 0.242 e. The second-order valence-electron chi connectivity index (χ2n) is 6.01. The Morgan fingerprint density at radius 2 is 1.86 bits per heavy atom. The van der Waals surface area contributed by atoms with E-state index in [0.29, 0.717) is 11.6 Å². The molecule has 0 unspecified atom stereocenters. The average molecular weight is 310 g/mol. The zero-order chi connectivity index (χ0) is 15.9. The van der Waals surface area contributed by atoms with Gasteiger partial charge in [-0.1, -0.05) is 6.92 Å². The first kappa shape index (κ1) is 16.0. The molecule has 5 nitrogen and oxygen atoms in total. The van der Waals surface area contributed by atoms with Crippen LogP contribution in [-0.2, 0) is 14.8 Å². The summed E-state index contributed by atoms with van der Waals surface area (Å²) in [5, 5.41) is 2.87. The van der Waals surface area contributed by atoms with Gasteiger partial charge in [0.2, 0.25) is 15.9 Å². The Kier molecular flexibility index (Phi) is 4.13. The maximum absolute atomic E-state index is 12.2. The predicted octanol–water partition coefficient (Wildman–Crippen LogP) is 2.15. The maximum Gasteiger partial charge on any atom is 0.242 e. The van der Waals surface area contributed by atoms with E-state index >= 15 is 0 Å². The van der Waals surface area contributed by atoms with Crippen LogP contribution in [0.5, 0.6) is 0 Å². The van der Waals surface area contributed by atoms with Crippen LogP contribution in [0.3, 0.4) is 0 Å². The van der Waals surface area contributed by atoms with Gasteiger partial charge in [-0.15, -0.1) is 0 Å². The van der Waals surface area contributed by atoms with Gasteiger partial charge in [0, 0.05) is 25.7 Å². The van der Waals surface area contributed by atoms with E-state index < -0.39 is 10.0 Å². The summed E-state index contributed by atoms with van der Waals surface area (Å²) < 4.78 is 25.7. The van der Waals surface area contributed by atoms with Crippen LogP contribution in [0, 0.1) is 25.7 Å². The lowest BCUT2D eigenvalue weighted by atomic mass is 10.1. The molecule has 1 N–H and O–H groups in total. The highest BCUT2D eigenvalue weighted by Crippen LogP contribution is 2.39. The highest BCUT2D eigenvalue weighted by atomic mass is 32.2. The van der Waals surface area contributed by atoms with E-state index in [-0.39, 0.29) is 16.7 Å². The fourth-order valence-electron chi connectivity index (χ4n) is 2.23. The predicted molar refractivity (Wildman–Crippen MR) is 82.7 cm³/mol. The lowest BCUT2D eigenvalue weighted by molar-refractivity contribution is -0.117. The van der Waals surface area contributed by atoms with Crippen LogP contribution in [0.4, 0.5) is 5.69 Å². The number of hydrogen-bond donors (Lipinski definition) is 1. The molecule has 1 amide bonds. The molecule has 6 heteroatoms. The molecule has 0 heterocycles. The van der Waals surface area contributed by atoms with E-state index in [1.54, 1.807) is 12.1 Å². The molecule has 0 saturated heterocycles. The van der Waals surface area contributed by atoms with Crippen molar-refractivity contribution in [3.05, 3.63) is 23.3 Å². The summed E-state index contributed by atoms with van der Waals surface area (Å²) >= 11 is 0. The van der Waals surface area contributed by atoms with Gasteiger partial charge in [0.1, 0.15) is 0 Å². The molecule has 0 spiro atoms. The van der Waals surface area contributed by atoms with Gasteiger partial charge in [0.25, 0.3) is 0 Å². The van der Waals surface area contributed by atoms with Gasteiger partial charge >= 0.3 is 0 Å². The Bertz CT molecular complexity index is 680. The van der Waals surface area contributed by atoms with Crippen molar-refractivity contribution in [3.8, 4) is 0 Å². The van der Waals surface area contributed by atoms with Crippen molar-refractivity contribution in [3.63, 3.8) is 0 Å². The summed E-state index contributed by atoms with van der Waals surface area (Å²) in [4.78, 5) is 12.3. The Balaban J connectivity index is 2.37. The summed E-state index contributed by atoms with van der Waals surface area (Å²) in [5.74, 6) is 0.448. The lowest BCUT2D eigenvalue weighted by Gasteiger charge is -2.16. The third kappa shape index (κ3) is 3.11. The molecule has 1 aromatic rings. The SMILES string of the molecule is Cc1cc(S(=O)(=O)N(C)C)cc(NC(=O)[C@@H]2C[C@@H]2C)c1C. The molecule has 1 aliphatic carbocycles. The van der Waals surface area contributed by atoms with Gasteiger partial charge in [-0.25, -0.2) is 12.7 Å². The van der Waals surface area contributed by atoms with Crippen LogP contribution in [0.2, 0.25) is 0 Å². The summed E-state index contributed by atoms with van der Waals surface area (Å²) in [5.41, 5.74) is 2.32. The largest absolute Gasteiger partial charge is 0.326 e.